The van der Waals surface area contributed by atoms with Crippen molar-refractivity contribution in [3.8, 4) is 5.75 Å². The molecule has 0 saturated carbocycles. The van der Waals surface area contributed by atoms with Gasteiger partial charge < -0.3 is 30.1 Å². The van der Waals surface area contributed by atoms with Gasteiger partial charge in [-0.05, 0) is 43.4 Å². The number of benzene rings is 2. The Morgan fingerprint density at radius 2 is 1.65 bits per heavy atom. The second kappa shape index (κ2) is 12.3. The number of hydrogen-bond acceptors (Lipinski definition) is 6. The molecule has 0 aromatic heterocycles. The lowest BCUT2D eigenvalue weighted by Crippen LogP contribution is -2.51. The molecule has 0 bridgehead atoms. The number of rotatable bonds is 9. The summed E-state index contributed by atoms with van der Waals surface area (Å²) in [7, 11) is 1.49. The third-order valence-electron chi connectivity index (χ3n) is 6.64. The van der Waals surface area contributed by atoms with Crippen molar-refractivity contribution >= 4 is 17.5 Å². The molecule has 2 aromatic carbocycles. The highest BCUT2D eigenvalue weighted by Crippen LogP contribution is 2.34. The second-order valence-electron chi connectivity index (χ2n) is 9.12. The molecular weight excluding hydrogens is 491 g/mol. The number of alkyl halides is 3. The predicted molar refractivity (Wildman–Crippen MR) is 131 cm³/mol. The number of anilines is 1. The van der Waals surface area contributed by atoms with Crippen LogP contribution in [0.4, 0.5) is 18.9 Å². The van der Waals surface area contributed by atoms with Gasteiger partial charge in [-0.1, -0.05) is 42.5 Å². The molecule has 1 saturated heterocycles. The van der Waals surface area contributed by atoms with Gasteiger partial charge in [-0.15, -0.1) is 13.2 Å². The average Bonchev–Trinajstić information content (AvgIpc) is 2.89. The zero-order chi connectivity index (χ0) is 27.2. The number of likely N-dealkylation sites (N-methyl/N-ethyl adjacent to an activating group) is 1. The molecule has 0 spiro atoms. The van der Waals surface area contributed by atoms with E-state index in [2.05, 4.69) is 10.1 Å². The van der Waals surface area contributed by atoms with Crippen LogP contribution in [0.5, 0.6) is 5.75 Å². The first kappa shape index (κ1) is 28.3. The van der Waals surface area contributed by atoms with Crippen LogP contribution in [0.15, 0.2) is 54.6 Å². The fourth-order valence-electron chi connectivity index (χ4n) is 4.29. The maximum absolute atomic E-state index is 12.7. The van der Waals surface area contributed by atoms with E-state index < -0.39 is 30.4 Å². The van der Waals surface area contributed by atoms with Gasteiger partial charge in [-0.25, -0.2) is 0 Å². The lowest BCUT2D eigenvalue weighted by Gasteiger charge is -2.34. The molecule has 3 rings (SSSR count). The highest BCUT2D eigenvalue weighted by molar-refractivity contribution is 5.90. The summed E-state index contributed by atoms with van der Waals surface area (Å²) in [6, 6.07) is 14.7. The monoisotopic (exact) mass is 523 g/mol. The molecule has 8 nitrogen and oxygen atoms in total. The molecule has 37 heavy (non-hydrogen) atoms. The van der Waals surface area contributed by atoms with Crippen LogP contribution >= 0.6 is 0 Å². The van der Waals surface area contributed by atoms with E-state index in [9.17, 15) is 33.0 Å². The molecule has 1 aliphatic rings. The first-order chi connectivity index (χ1) is 17.5. The van der Waals surface area contributed by atoms with Gasteiger partial charge in [0.05, 0.1) is 11.7 Å². The Bertz CT molecular complexity index is 1050. The zero-order valence-electron chi connectivity index (χ0n) is 20.7. The summed E-state index contributed by atoms with van der Waals surface area (Å²) in [4.78, 5) is 28.1. The SMILES string of the molecule is C[C@H](c1ccccc1)N(C)C(=O)[C@H](O)[C@@H](O)C(=O)NCC1CCN(c2ccccc2OC(F)(F)F)CC1. The number of carbonyl (C=O) groups is 2. The number of hydrogen-bond donors (Lipinski definition) is 3. The Morgan fingerprint density at radius 1 is 1.05 bits per heavy atom. The maximum atomic E-state index is 12.7. The third-order valence-corrected chi connectivity index (χ3v) is 6.64. The van der Waals surface area contributed by atoms with Crippen molar-refractivity contribution in [1.82, 2.24) is 10.2 Å². The van der Waals surface area contributed by atoms with E-state index in [1.165, 1.54) is 24.1 Å². The van der Waals surface area contributed by atoms with Crippen molar-refractivity contribution < 1.29 is 37.7 Å². The van der Waals surface area contributed by atoms with E-state index in [1.54, 1.807) is 24.0 Å². The molecule has 1 aliphatic heterocycles. The fraction of sp³-hybridized carbons (Fsp3) is 0.462. The van der Waals surface area contributed by atoms with Crippen LogP contribution in [-0.4, -0.2) is 72.2 Å². The number of piperidine rings is 1. The normalized spacial score (nSPS) is 17.0. The van der Waals surface area contributed by atoms with Crippen LogP contribution in [0.1, 0.15) is 31.4 Å². The number of ether oxygens (including phenoxy) is 1. The van der Waals surface area contributed by atoms with Crippen LogP contribution in [-0.2, 0) is 9.59 Å². The number of halogens is 3. The Balaban J connectivity index is 1.48. The van der Waals surface area contributed by atoms with E-state index in [0.29, 0.717) is 31.6 Å². The van der Waals surface area contributed by atoms with Gasteiger partial charge in [0.1, 0.15) is 0 Å². The van der Waals surface area contributed by atoms with E-state index in [0.717, 1.165) is 5.56 Å². The van der Waals surface area contributed by atoms with Gasteiger partial charge in [0.25, 0.3) is 11.8 Å². The smallest absolute Gasteiger partial charge is 0.404 e. The third kappa shape index (κ3) is 7.59. The molecule has 2 amide bonds. The minimum absolute atomic E-state index is 0.0108. The predicted octanol–water partition coefficient (Wildman–Crippen LogP) is 2.86. The largest absolute Gasteiger partial charge is 0.573 e. The number of aliphatic hydroxyl groups is 2. The van der Waals surface area contributed by atoms with E-state index in [4.69, 9.17) is 0 Å². The summed E-state index contributed by atoms with van der Waals surface area (Å²) in [5, 5.41) is 23.2. The Hall–Kier alpha value is -3.31. The van der Waals surface area contributed by atoms with Gasteiger partial charge >= 0.3 is 6.36 Å². The van der Waals surface area contributed by atoms with Crippen LogP contribution in [0.25, 0.3) is 0 Å². The highest BCUT2D eigenvalue weighted by atomic mass is 19.4. The minimum Gasteiger partial charge on any atom is -0.404 e. The van der Waals surface area contributed by atoms with Gasteiger partial charge in [0, 0.05) is 26.7 Å². The summed E-state index contributed by atoms with van der Waals surface area (Å²) >= 11 is 0. The van der Waals surface area contributed by atoms with Crippen LogP contribution in [0.2, 0.25) is 0 Å². The van der Waals surface area contributed by atoms with Crippen LogP contribution < -0.4 is 15.0 Å². The fourth-order valence-corrected chi connectivity index (χ4v) is 4.29. The standard InChI is InChI=1S/C26H32F3N3O5/c1-17(19-8-4-3-5-9-19)31(2)25(36)23(34)22(33)24(35)30-16-18-12-14-32(15-13-18)20-10-6-7-11-21(20)37-26(27,28)29/h3-11,17-18,22-23,33-34H,12-16H2,1-2H3,(H,30,35)/t17-,22-,23-/m1/s1. The van der Waals surface area contributed by atoms with Crippen molar-refractivity contribution in [3.05, 3.63) is 60.2 Å². The lowest BCUT2D eigenvalue weighted by atomic mass is 9.96. The van der Waals surface area contributed by atoms with Gasteiger partial charge in [0.2, 0.25) is 0 Å². The lowest BCUT2D eigenvalue weighted by molar-refractivity contribution is -0.274. The van der Waals surface area contributed by atoms with Crippen molar-refractivity contribution in [2.24, 2.45) is 5.92 Å². The van der Waals surface area contributed by atoms with Crippen LogP contribution in [0.3, 0.4) is 0 Å². The van der Waals surface area contributed by atoms with E-state index in [1.807, 2.05) is 30.3 Å². The zero-order valence-corrected chi connectivity index (χ0v) is 20.7. The van der Waals surface area contributed by atoms with Crippen molar-refractivity contribution in [2.75, 3.05) is 31.6 Å². The Labute approximate surface area is 213 Å². The van der Waals surface area contributed by atoms with Gasteiger partial charge in [-0.2, -0.15) is 0 Å². The molecule has 3 atom stereocenters. The maximum Gasteiger partial charge on any atom is 0.573 e. The van der Waals surface area contributed by atoms with Crippen LogP contribution in [0, 0.1) is 5.92 Å². The molecule has 0 unspecified atom stereocenters. The first-order valence-corrected chi connectivity index (χ1v) is 12.0. The summed E-state index contributed by atoms with van der Waals surface area (Å²) in [5.41, 5.74) is 1.18. The molecule has 1 heterocycles. The summed E-state index contributed by atoms with van der Waals surface area (Å²) < 4.78 is 42.3. The number of aliphatic hydroxyl groups excluding tert-OH is 2. The number of para-hydroxylation sites is 2. The quantitative estimate of drug-likeness (QED) is 0.467. The second-order valence-corrected chi connectivity index (χ2v) is 9.12. The molecular formula is C26H32F3N3O5. The minimum atomic E-state index is -4.79. The molecule has 2 aromatic rings. The Morgan fingerprint density at radius 3 is 2.27 bits per heavy atom. The number of carbonyl (C=O) groups excluding carboxylic acids is 2. The van der Waals surface area contributed by atoms with Gasteiger partial charge in [0.15, 0.2) is 18.0 Å². The molecule has 3 N–H and O–H groups in total. The molecule has 0 radical (unpaired) electrons. The summed E-state index contributed by atoms with van der Waals surface area (Å²) in [5.74, 6) is -1.91. The van der Waals surface area contributed by atoms with E-state index in [-0.39, 0.29) is 24.3 Å². The van der Waals surface area contributed by atoms with Gasteiger partial charge in [-0.3, -0.25) is 9.59 Å². The van der Waals surface area contributed by atoms with Crippen molar-refractivity contribution in [3.63, 3.8) is 0 Å². The molecule has 202 valence electrons. The number of amides is 2. The number of nitrogens with zero attached hydrogens (tertiary/aromatic N) is 2. The average molecular weight is 524 g/mol. The summed E-state index contributed by atoms with van der Waals surface area (Å²) in [6.45, 7) is 2.86. The van der Waals surface area contributed by atoms with Crippen molar-refractivity contribution in [1.29, 1.82) is 0 Å². The topological polar surface area (TPSA) is 102 Å². The Kier molecular flexibility index (Phi) is 9.39. The van der Waals surface area contributed by atoms with Crippen molar-refractivity contribution in [2.45, 2.75) is 44.4 Å². The molecule has 0 aliphatic carbocycles. The highest BCUT2D eigenvalue weighted by Gasteiger charge is 2.35. The number of nitrogens with one attached hydrogen (secondary N) is 1. The first-order valence-electron chi connectivity index (χ1n) is 12.0. The van der Waals surface area contributed by atoms with E-state index >= 15 is 0 Å². The molecule has 1 fully saturated rings. The molecule has 11 heteroatoms. The summed E-state index contributed by atoms with van der Waals surface area (Å²) in [6.07, 6.45) is -7.50.